The van der Waals surface area contributed by atoms with Crippen LogP contribution in [0, 0.1) is 11.3 Å². The third kappa shape index (κ3) is 6.00. The number of hydrogen-bond donors (Lipinski definition) is 2. The largest absolute Gasteiger partial charge is 0.493 e. The van der Waals surface area contributed by atoms with E-state index in [1.165, 1.54) is 14.1 Å². The van der Waals surface area contributed by atoms with Crippen LogP contribution in [-0.2, 0) is 10.0 Å². The van der Waals surface area contributed by atoms with Gasteiger partial charge >= 0.3 is 6.09 Å². The molecule has 1 fully saturated rings. The first-order chi connectivity index (χ1) is 16.2. The lowest BCUT2D eigenvalue weighted by Crippen LogP contribution is -2.33. The lowest BCUT2D eigenvalue weighted by Gasteiger charge is -2.10. The van der Waals surface area contributed by atoms with E-state index in [1.807, 2.05) is 46.2 Å². The molecule has 11 nitrogen and oxygen atoms in total. The van der Waals surface area contributed by atoms with E-state index in [-0.39, 0.29) is 12.3 Å². The van der Waals surface area contributed by atoms with Crippen molar-refractivity contribution in [2.75, 3.05) is 33.5 Å². The second-order valence-electron chi connectivity index (χ2n) is 7.79. The fraction of sp³-hybridized carbons (Fsp3) is 0.364. The van der Waals surface area contributed by atoms with Gasteiger partial charge in [-0.3, -0.25) is 0 Å². The third-order valence-electron chi connectivity index (χ3n) is 5.13. The summed E-state index contributed by atoms with van der Waals surface area (Å²) in [5, 5.41) is 23.7. The van der Waals surface area contributed by atoms with Gasteiger partial charge in [0, 0.05) is 32.1 Å². The quantitative estimate of drug-likeness (QED) is 0.516. The van der Waals surface area contributed by atoms with Gasteiger partial charge in [0.15, 0.2) is 17.2 Å². The van der Waals surface area contributed by atoms with E-state index < -0.39 is 16.1 Å². The molecule has 3 aromatic rings. The van der Waals surface area contributed by atoms with E-state index in [9.17, 15) is 13.2 Å². The van der Waals surface area contributed by atoms with E-state index in [0.717, 1.165) is 45.6 Å². The van der Waals surface area contributed by atoms with Crippen molar-refractivity contribution in [2.24, 2.45) is 0 Å². The van der Waals surface area contributed by atoms with Gasteiger partial charge in [-0.15, -0.1) is 0 Å². The number of carbonyl (C=O) groups is 1. The molecular formula is C22H26N6O5S. The number of methoxy groups -OCH3 is 1. The summed E-state index contributed by atoms with van der Waals surface area (Å²) in [6.07, 6.45) is 1.10. The van der Waals surface area contributed by atoms with Crippen molar-refractivity contribution in [2.45, 2.75) is 18.8 Å². The predicted molar refractivity (Wildman–Crippen MR) is 125 cm³/mol. The van der Waals surface area contributed by atoms with Gasteiger partial charge in [-0.05, 0) is 37.1 Å². The van der Waals surface area contributed by atoms with E-state index in [2.05, 4.69) is 16.2 Å². The molecular weight excluding hydrogens is 460 g/mol. The summed E-state index contributed by atoms with van der Waals surface area (Å²) in [6, 6.07) is 13.5. The first kappa shape index (κ1) is 24.9. The third-order valence-corrected chi connectivity index (χ3v) is 6.96. The molecule has 1 saturated carbocycles. The monoisotopic (exact) mass is 486 g/mol. The highest BCUT2D eigenvalue weighted by atomic mass is 32.2. The van der Waals surface area contributed by atoms with Crippen molar-refractivity contribution >= 4 is 21.8 Å². The molecule has 2 aromatic heterocycles. The SMILES string of the molecule is CN(C)S(=O)(=O)CCNC(=O)O.COc1ccc(-c2ccc(C#N)cc2)n2nc(C3CC3)nc12. The molecule has 0 saturated heterocycles. The Kier molecular flexibility index (Phi) is 7.70. The van der Waals surface area contributed by atoms with Gasteiger partial charge in [0.05, 0.1) is 30.2 Å². The highest BCUT2D eigenvalue weighted by Gasteiger charge is 2.29. The summed E-state index contributed by atoms with van der Waals surface area (Å²) in [4.78, 5) is 14.6. The number of aromatic nitrogens is 3. The smallest absolute Gasteiger partial charge is 0.404 e. The average Bonchev–Trinajstić information content (AvgIpc) is 3.56. The number of benzene rings is 1. The molecule has 1 aromatic carbocycles. The van der Waals surface area contributed by atoms with Gasteiger partial charge in [0.25, 0.3) is 0 Å². The van der Waals surface area contributed by atoms with E-state index in [0.29, 0.717) is 11.5 Å². The zero-order valence-electron chi connectivity index (χ0n) is 19.1. The van der Waals surface area contributed by atoms with Crippen LogP contribution in [0.2, 0.25) is 0 Å². The lowest BCUT2D eigenvalue weighted by atomic mass is 10.1. The van der Waals surface area contributed by atoms with Crippen LogP contribution in [0.5, 0.6) is 5.75 Å². The standard InChI is InChI=1S/C17H14N4O.C5H12N2O4S/c1-22-15-9-8-14(12-4-2-11(10-18)3-5-12)21-17(15)19-16(20-21)13-6-7-13;1-7(2)12(10,11)4-3-6-5(8)9/h2-5,8-9,13H,6-7H2,1H3;6H,3-4H2,1-2H3,(H,8,9). The fourth-order valence-electron chi connectivity index (χ4n) is 3.03. The van der Waals surface area contributed by atoms with Crippen molar-refractivity contribution in [3.8, 4) is 23.1 Å². The van der Waals surface area contributed by atoms with E-state index in [1.54, 1.807) is 7.11 Å². The van der Waals surface area contributed by atoms with Gasteiger partial charge < -0.3 is 15.2 Å². The van der Waals surface area contributed by atoms with Gasteiger partial charge in [0.2, 0.25) is 10.0 Å². The second-order valence-corrected chi connectivity index (χ2v) is 10.1. The molecule has 12 heteroatoms. The zero-order chi connectivity index (χ0) is 24.9. The average molecular weight is 487 g/mol. The van der Waals surface area contributed by atoms with Gasteiger partial charge in [-0.2, -0.15) is 10.4 Å². The normalized spacial score (nSPS) is 13.1. The Morgan fingerprint density at radius 3 is 2.47 bits per heavy atom. The predicted octanol–water partition coefficient (Wildman–Crippen LogP) is 2.30. The molecule has 4 rings (SSSR count). The molecule has 0 aliphatic heterocycles. The lowest BCUT2D eigenvalue weighted by molar-refractivity contribution is 0.195. The topological polar surface area (TPSA) is 150 Å². The minimum Gasteiger partial charge on any atom is -0.493 e. The summed E-state index contributed by atoms with van der Waals surface area (Å²) < 4.78 is 30.3. The Hall–Kier alpha value is -3.69. The minimum atomic E-state index is -3.29. The molecule has 1 aliphatic carbocycles. The number of sulfonamides is 1. The molecule has 2 N–H and O–H groups in total. The maximum Gasteiger partial charge on any atom is 0.404 e. The van der Waals surface area contributed by atoms with Crippen LogP contribution < -0.4 is 10.1 Å². The molecule has 0 unspecified atom stereocenters. The maximum absolute atomic E-state index is 11.0. The van der Waals surface area contributed by atoms with E-state index in [4.69, 9.17) is 15.1 Å². The molecule has 34 heavy (non-hydrogen) atoms. The molecule has 0 atom stereocenters. The molecule has 2 heterocycles. The summed E-state index contributed by atoms with van der Waals surface area (Å²) in [6.45, 7) is -0.0875. The summed E-state index contributed by atoms with van der Waals surface area (Å²) >= 11 is 0. The Morgan fingerprint density at radius 2 is 1.94 bits per heavy atom. The van der Waals surface area contributed by atoms with Crippen LogP contribution in [0.4, 0.5) is 4.79 Å². The number of hydrogen-bond acceptors (Lipinski definition) is 7. The van der Waals surface area contributed by atoms with Crippen LogP contribution in [-0.4, -0.2) is 72.0 Å². The molecule has 0 radical (unpaired) electrons. The first-order valence-corrected chi connectivity index (χ1v) is 12.1. The Balaban J connectivity index is 0.000000232. The molecule has 0 bridgehead atoms. The van der Waals surface area contributed by atoms with Crippen LogP contribution in [0.15, 0.2) is 36.4 Å². The first-order valence-electron chi connectivity index (χ1n) is 10.5. The Labute approximate surface area is 197 Å². The highest BCUT2D eigenvalue weighted by molar-refractivity contribution is 7.89. The van der Waals surface area contributed by atoms with Crippen LogP contribution in [0.25, 0.3) is 16.9 Å². The highest BCUT2D eigenvalue weighted by Crippen LogP contribution is 2.39. The van der Waals surface area contributed by atoms with Crippen LogP contribution in [0.3, 0.4) is 0 Å². The van der Waals surface area contributed by atoms with Crippen LogP contribution in [0.1, 0.15) is 30.1 Å². The second kappa shape index (κ2) is 10.5. The number of nitrogens with one attached hydrogen (secondary N) is 1. The number of nitriles is 1. The maximum atomic E-state index is 11.0. The number of carboxylic acid groups (broad SMARTS) is 1. The van der Waals surface area contributed by atoms with Gasteiger partial charge in [-0.25, -0.2) is 27.0 Å². The molecule has 0 spiro atoms. The van der Waals surface area contributed by atoms with Crippen molar-refractivity contribution in [1.29, 1.82) is 5.26 Å². The van der Waals surface area contributed by atoms with Crippen molar-refractivity contribution < 1.29 is 23.1 Å². The number of nitrogens with zero attached hydrogens (tertiary/aromatic N) is 5. The fourth-order valence-corrected chi connectivity index (χ4v) is 3.76. The summed E-state index contributed by atoms with van der Waals surface area (Å²) in [7, 11) is 1.15. The van der Waals surface area contributed by atoms with Gasteiger partial charge in [0.1, 0.15) is 0 Å². The van der Waals surface area contributed by atoms with Crippen molar-refractivity contribution in [1.82, 2.24) is 24.2 Å². The van der Waals surface area contributed by atoms with Crippen LogP contribution >= 0.6 is 0 Å². The molecule has 180 valence electrons. The number of rotatable bonds is 7. The number of ether oxygens (including phenoxy) is 1. The number of amides is 1. The summed E-state index contributed by atoms with van der Waals surface area (Å²) in [5.41, 5.74) is 3.33. The molecule has 1 amide bonds. The van der Waals surface area contributed by atoms with Crippen molar-refractivity contribution in [3.63, 3.8) is 0 Å². The summed E-state index contributed by atoms with van der Waals surface area (Å²) in [5.74, 6) is 1.88. The minimum absolute atomic E-state index is 0.0875. The number of fused-ring (bicyclic) bond motifs is 1. The zero-order valence-corrected chi connectivity index (χ0v) is 19.9. The van der Waals surface area contributed by atoms with E-state index >= 15 is 0 Å². The van der Waals surface area contributed by atoms with Crippen molar-refractivity contribution in [3.05, 3.63) is 47.8 Å². The number of pyridine rings is 1. The van der Waals surface area contributed by atoms with Gasteiger partial charge in [-0.1, -0.05) is 12.1 Å². The molecule has 1 aliphatic rings. The Morgan fingerprint density at radius 1 is 1.26 bits per heavy atom. The Bertz CT molecular complexity index is 1310.